The first kappa shape index (κ1) is 17.1. The monoisotopic (exact) mass is 371 g/mol. The lowest BCUT2D eigenvalue weighted by molar-refractivity contribution is -0.142. The molecule has 0 amide bonds. The number of para-hydroxylation sites is 3. The van der Waals surface area contributed by atoms with Crippen molar-refractivity contribution < 1.29 is 22.7 Å². The number of aromatic nitrogens is 2. The van der Waals surface area contributed by atoms with Gasteiger partial charge >= 0.3 is 12.1 Å². The molecule has 0 radical (unpaired) electrons. The topological polar surface area (TPSA) is 64.4 Å². The second-order valence-electron chi connectivity index (χ2n) is 5.91. The first-order chi connectivity index (χ1) is 12.9. The van der Waals surface area contributed by atoms with Crippen LogP contribution in [0.4, 0.5) is 18.9 Å². The Morgan fingerprint density at radius 2 is 1.63 bits per heavy atom. The molecule has 1 aromatic heterocycles. The fraction of sp³-hybridized carbons (Fsp3) is 0.158. The van der Waals surface area contributed by atoms with Crippen molar-refractivity contribution >= 4 is 28.4 Å². The van der Waals surface area contributed by atoms with Gasteiger partial charge in [0, 0.05) is 5.56 Å². The number of nitrogens with zero attached hydrogens (tertiary/aromatic N) is 3. The Labute approximate surface area is 151 Å². The van der Waals surface area contributed by atoms with Crippen LogP contribution in [0, 0.1) is 0 Å². The van der Waals surface area contributed by atoms with Gasteiger partial charge < -0.3 is 4.74 Å². The van der Waals surface area contributed by atoms with E-state index >= 15 is 0 Å². The van der Waals surface area contributed by atoms with E-state index in [0.717, 1.165) is 7.11 Å². The zero-order chi connectivity index (χ0) is 19.2. The second kappa shape index (κ2) is 6.15. The predicted molar refractivity (Wildman–Crippen MR) is 92.9 cm³/mol. The molecular formula is C19H12F3N3O2. The maximum atomic E-state index is 13.8. The molecule has 0 aliphatic carbocycles. The van der Waals surface area contributed by atoms with E-state index in [1.807, 2.05) is 0 Å². The highest BCUT2D eigenvalue weighted by Crippen LogP contribution is 2.42. The van der Waals surface area contributed by atoms with Gasteiger partial charge in [0.2, 0.25) is 0 Å². The van der Waals surface area contributed by atoms with Crippen LogP contribution in [0.1, 0.15) is 11.6 Å². The standard InChI is InChI=1S/C19H12F3N3O2/c1-27-18(26)14-16-15(23-12-8-4-5-9-13(12)24-16)10-6-2-3-7-11(10)25-17(14)19(20,21)22/h2-9,14H,1H3/t14-/m0/s1. The number of benzene rings is 2. The highest BCUT2D eigenvalue weighted by molar-refractivity contribution is 6.13. The Hall–Kier alpha value is -3.29. The molecule has 1 aliphatic rings. The molecule has 1 atom stereocenters. The van der Waals surface area contributed by atoms with Gasteiger partial charge in [-0.05, 0) is 18.2 Å². The Morgan fingerprint density at radius 1 is 1.00 bits per heavy atom. The molecule has 0 saturated carbocycles. The summed E-state index contributed by atoms with van der Waals surface area (Å²) in [6.07, 6.45) is -4.85. The van der Waals surface area contributed by atoms with Crippen LogP contribution in [0.2, 0.25) is 0 Å². The number of ether oxygens (including phenoxy) is 1. The Kier molecular flexibility index (Phi) is 3.91. The van der Waals surface area contributed by atoms with Gasteiger partial charge in [0.15, 0.2) is 0 Å². The summed E-state index contributed by atoms with van der Waals surface area (Å²) in [5.74, 6) is -2.92. The molecule has 3 aromatic rings. The van der Waals surface area contributed by atoms with Crippen LogP contribution < -0.4 is 0 Å². The highest BCUT2D eigenvalue weighted by Gasteiger charge is 2.48. The molecule has 0 spiro atoms. The Morgan fingerprint density at radius 3 is 2.30 bits per heavy atom. The second-order valence-corrected chi connectivity index (χ2v) is 5.91. The molecular weight excluding hydrogens is 359 g/mol. The van der Waals surface area contributed by atoms with Gasteiger partial charge in [-0.25, -0.2) is 15.0 Å². The average Bonchev–Trinajstić information content (AvgIpc) is 2.80. The molecule has 0 unspecified atom stereocenters. The van der Waals surface area contributed by atoms with Gasteiger partial charge in [-0.15, -0.1) is 0 Å². The number of halogens is 3. The van der Waals surface area contributed by atoms with Gasteiger partial charge in [-0.1, -0.05) is 30.3 Å². The normalized spacial score (nSPS) is 16.1. The minimum absolute atomic E-state index is 0.0714. The molecule has 2 aromatic carbocycles. The number of carbonyl (C=O) groups is 1. The third kappa shape index (κ3) is 2.83. The van der Waals surface area contributed by atoms with Crippen molar-refractivity contribution in [3.05, 3.63) is 54.2 Å². The molecule has 0 N–H and O–H groups in total. The van der Waals surface area contributed by atoms with Crippen molar-refractivity contribution in [2.24, 2.45) is 4.99 Å². The maximum absolute atomic E-state index is 13.8. The van der Waals surface area contributed by atoms with E-state index in [1.54, 1.807) is 42.5 Å². The summed E-state index contributed by atoms with van der Waals surface area (Å²) < 4.78 is 46.0. The first-order valence-electron chi connectivity index (χ1n) is 8.00. The number of hydrogen-bond acceptors (Lipinski definition) is 5. The lowest BCUT2D eigenvalue weighted by Crippen LogP contribution is -2.35. The van der Waals surface area contributed by atoms with E-state index in [1.165, 1.54) is 6.07 Å². The van der Waals surface area contributed by atoms with Crippen LogP contribution >= 0.6 is 0 Å². The lowest BCUT2D eigenvalue weighted by Gasteiger charge is -2.19. The third-order valence-electron chi connectivity index (χ3n) is 4.27. The number of esters is 1. The fourth-order valence-electron chi connectivity index (χ4n) is 3.08. The third-order valence-corrected chi connectivity index (χ3v) is 4.27. The summed E-state index contributed by atoms with van der Waals surface area (Å²) in [5.41, 5.74) is 0.117. The van der Waals surface area contributed by atoms with Crippen molar-refractivity contribution in [2.75, 3.05) is 7.11 Å². The zero-order valence-corrected chi connectivity index (χ0v) is 14.0. The predicted octanol–water partition coefficient (Wildman–Crippen LogP) is 4.20. The summed E-state index contributed by atoms with van der Waals surface area (Å²) in [7, 11) is 1.03. The molecule has 27 heavy (non-hydrogen) atoms. The van der Waals surface area contributed by atoms with Gasteiger partial charge in [0.25, 0.3) is 0 Å². The van der Waals surface area contributed by atoms with Gasteiger partial charge in [0.05, 0.1) is 35.2 Å². The molecule has 2 heterocycles. The zero-order valence-electron chi connectivity index (χ0n) is 14.0. The van der Waals surface area contributed by atoms with Crippen LogP contribution in [-0.4, -0.2) is 34.9 Å². The van der Waals surface area contributed by atoms with Crippen LogP contribution in [0.5, 0.6) is 0 Å². The van der Waals surface area contributed by atoms with E-state index in [2.05, 4.69) is 19.7 Å². The maximum Gasteiger partial charge on any atom is 0.430 e. The summed E-state index contributed by atoms with van der Waals surface area (Å²) in [5, 5.41) is 0. The molecule has 0 bridgehead atoms. The fourth-order valence-corrected chi connectivity index (χ4v) is 3.08. The first-order valence-corrected chi connectivity index (χ1v) is 8.00. The van der Waals surface area contributed by atoms with Crippen LogP contribution in [0.15, 0.2) is 53.5 Å². The minimum atomic E-state index is -4.85. The van der Waals surface area contributed by atoms with Crippen molar-refractivity contribution in [3.8, 4) is 11.3 Å². The van der Waals surface area contributed by atoms with Crippen molar-refractivity contribution in [2.45, 2.75) is 12.1 Å². The molecule has 4 rings (SSSR count). The average molecular weight is 371 g/mol. The van der Waals surface area contributed by atoms with E-state index in [0.29, 0.717) is 16.6 Å². The summed E-state index contributed by atoms with van der Waals surface area (Å²) in [6, 6.07) is 13.1. The smallest absolute Gasteiger partial charge is 0.430 e. The van der Waals surface area contributed by atoms with Gasteiger partial charge in [-0.2, -0.15) is 13.2 Å². The van der Waals surface area contributed by atoms with Crippen molar-refractivity contribution in [3.63, 3.8) is 0 Å². The quantitative estimate of drug-likeness (QED) is 0.602. The Balaban J connectivity index is 2.13. The number of aliphatic imine (C=N–C) groups is 1. The summed E-state index contributed by atoms with van der Waals surface area (Å²) in [6.45, 7) is 0. The van der Waals surface area contributed by atoms with E-state index in [-0.39, 0.29) is 17.1 Å². The lowest BCUT2D eigenvalue weighted by atomic mass is 9.95. The molecule has 0 saturated heterocycles. The van der Waals surface area contributed by atoms with Crippen molar-refractivity contribution in [1.29, 1.82) is 0 Å². The summed E-state index contributed by atoms with van der Waals surface area (Å²) in [4.78, 5) is 25.0. The molecule has 1 aliphatic heterocycles. The molecule has 136 valence electrons. The Bertz CT molecular complexity index is 1090. The summed E-state index contributed by atoms with van der Waals surface area (Å²) >= 11 is 0. The molecule has 0 fully saturated rings. The number of methoxy groups -OCH3 is 1. The minimum Gasteiger partial charge on any atom is -0.468 e. The van der Waals surface area contributed by atoms with Crippen LogP contribution in [0.3, 0.4) is 0 Å². The van der Waals surface area contributed by atoms with Gasteiger partial charge in [0.1, 0.15) is 11.6 Å². The number of carbonyl (C=O) groups excluding carboxylic acids is 1. The highest BCUT2D eigenvalue weighted by atomic mass is 19.4. The molecule has 5 nitrogen and oxygen atoms in total. The largest absolute Gasteiger partial charge is 0.468 e. The number of fused-ring (bicyclic) bond motifs is 4. The van der Waals surface area contributed by atoms with E-state index < -0.39 is 23.8 Å². The van der Waals surface area contributed by atoms with E-state index in [4.69, 9.17) is 0 Å². The van der Waals surface area contributed by atoms with Crippen LogP contribution in [-0.2, 0) is 9.53 Å². The van der Waals surface area contributed by atoms with E-state index in [9.17, 15) is 18.0 Å². The SMILES string of the molecule is COC(=O)[C@@H]1C(C(F)(F)F)=Nc2ccccc2-c2nc3ccccc3nc21. The molecule has 8 heteroatoms. The van der Waals surface area contributed by atoms with Crippen molar-refractivity contribution in [1.82, 2.24) is 9.97 Å². The van der Waals surface area contributed by atoms with Crippen LogP contribution in [0.25, 0.3) is 22.3 Å². The van der Waals surface area contributed by atoms with Gasteiger partial charge in [-0.3, -0.25) is 4.79 Å². The number of rotatable bonds is 1. The number of hydrogen-bond donors (Lipinski definition) is 0. The number of alkyl halides is 3.